The third-order valence-electron chi connectivity index (χ3n) is 7.29. The lowest BCUT2D eigenvalue weighted by Gasteiger charge is -2.29. The van der Waals surface area contributed by atoms with Crippen LogP contribution in [0.15, 0.2) is 48.7 Å². The van der Waals surface area contributed by atoms with Gasteiger partial charge in [-0.05, 0) is 41.3 Å². The number of benzene rings is 1. The van der Waals surface area contributed by atoms with Crippen molar-refractivity contribution in [3.63, 3.8) is 0 Å². The van der Waals surface area contributed by atoms with Crippen molar-refractivity contribution < 1.29 is 19.4 Å². The molecule has 0 amide bonds. The number of pyridine rings is 2. The number of morpholine rings is 2. The number of aromatic carboxylic acids is 1. The summed E-state index contributed by atoms with van der Waals surface area (Å²) in [5.74, 6) is -0.150. The van der Waals surface area contributed by atoms with Gasteiger partial charge in [-0.2, -0.15) is 5.10 Å². The van der Waals surface area contributed by atoms with Gasteiger partial charge in [0.1, 0.15) is 5.82 Å². The van der Waals surface area contributed by atoms with E-state index in [4.69, 9.17) is 14.6 Å². The van der Waals surface area contributed by atoms with Crippen molar-refractivity contribution in [3.05, 3.63) is 60.0 Å². The van der Waals surface area contributed by atoms with Gasteiger partial charge in [0, 0.05) is 44.1 Å². The monoisotopic (exact) mass is 528 g/mol. The van der Waals surface area contributed by atoms with E-state index in [1.54, 1.807) is 16.9 Å². The van der Waals surface area contributed by atoms with Crippen molar-refractivity contribution in [1.82, 2.24) is 19.7 Å². The van der Waals surface area contributed by atoms with Crippen molar-refractivity contribution in [2.45, 2.75) is 19.8 Å². The molecule has 0 radical (unpaired) electrons. The molecule has 10 heteroatoms. The molecule has 0 bridgehead atoms. The van der Waals surface area contributed by atoms with Crippen LogP contribution in [0, 0.1) is 0 Å². The van der Waals surface area contributed by atoms with Gasteiger partial charge in [0.05, 0.1) is 43.2 Å². The molecule has 3 aromatic heterocycles. The fraction of sp³-hybridized carbons (Fsp3) is 0.379. The quantitative estimate of drug-likeness (QED) is 0.398. The third kappa shape index (κ3) is 4.93. The highest BCUT2D eigenvalue weighted by atomic mass is 16.5. The molecule has 2 aliphatic rings. The van der Waals surface area contributed by atoms with Crippen LogP contribution >= 0.6 is 0 Å². The molecule has 1 N–H and O–H groups in total. The summed E-state index contributed by atoms with van der Waals surface area (Å²) >= 11 is 0. The summed E-state index contributed by atoms with van der Waals surface area (Å²) in [6, 6.07) is 13.8. The Kier molecular flexibility index (Phi) is 6.88. The molecule has 2 aliphatic heterocycles. The lowest BCUT2D eigenvalue weighted by Crippen LogP contribution is -2.36. The average Bonchev–Trinajstić information content (AvgIpc) is 3.38. The van der Waals surface area contributed by atoms with E-state index in [1.807, 2.05) is 12.1 Å². The largest absolute Gasteiger partial charge is 0.477 e. The van der Waals surface area contributed by atoms with E-state index < -0.39 is 5.97 Å². The highest BCUT2D eigenvalue weighted by Gasteiger charge is 2.24. The zero-order valence-corrected chi connectivity index (χ0v) is 22.2. The van der Waals surface area contributed by atoms with Crippen molar-refractivity contribution in [3.8, 4) is 16.8 Å². The van der Waals surface area contributed by atoms with Gasteiger partial charge in [0.25, 0.3) is 0 Å². The summed E-state index contributed by atoms with van der Waals surface area (Å²) in [5.41, 5.74) is 5.01. The van der Waals surface area contributed by atoms with Crippen molar-refractivity contribution in [2.75, 3.05) is 62.4 Å². The van der Waals surface area contributed by atoms with Crippen LogP contribution < -0.4 is 9.80 Å². The molecule has 0 atom stereocenters. The molecule has 0 unspecified atom stereocenters. The summed E-state index contributed by atoms with van der Waals surface area (Å²) in [4.78, 5) is 25.8. The van der Waals surface area contributed by atoms with E-state index in [-0.39, 0.29) is 11.6 Å². The SMILES string of the molecule is CC(C)c1nn(-c2ccnc(N3CCOCC3)c2)c2nc(C(=O)O)cc(-c3ccc(N4CCOCC4)cc3)c12. The van der Waals surface area contributed by atoms with Crippen LogP contribution in [0.25, 0.3) is 27.8 Å². The first-order chi connectivity index (χ1) is 19.0. The summed E-state index contributed by atoms with van der Waals surface area (Å²) < 4.78 is 12.7. The van der Waals surface area contributed by atoms with Crippen molar-refractivity contribution >= 4 is 28.5 Å². The van der Waals surface area contributed by atoms with Gasteiger partial charge in [-0.15, -0.1) is 0 Å². The van der Waals surface area contributed by atoms with E-state index in [0.717, 1.165) is 65.6 Å². The summed E-state index contributed by atoms with van der Waals surface area (Å²) in [5, 5.41) is 15.8. The standard InChI is InChI=1S/C29H32N6O4/c1-19(2)27-26-23(20-3-5-21(6-4-20)33-9-13-38-14-10-33)18-24(29(36)37)31-28(26)35(32-27)22-7-8-30-25(17-22)34-11-15-39-16-12-34/h3-8,17-19H,9-16H2,1-2H3,(H,36,37). The van der Waals surface area contributed by atoms with Gasteiger partial charge in [-0.1, -0.05) is 26.0 Å². The number of fused-ring (bicyclic) bond motifs is 1. The maximum Gasteiger partial charge on any atom is 0.354 e. The molecule has 4 aromatic rings. The zero-order valence-electron chi connectivity index (χ0n) is 22.2. The Labute approximate surface area is 226 Å². The van der Waals surface area contributed by atoms with Crippen LogP contribution in [0.2, 0.25) is 0 Å². The Morgan fingerprint density at radius 2 is 1.56 bits per heavy atom. The van der Waals surface area contributed by atoms with Gasteiger partial charge in [-0.3, -0.25) is 0 Å². The number of nitrogens with zero attached hydrogens (tertiary/aromatic N) is 6. The number of hydrogen-bond acceptors (Lipinski definition) is 8. The van der Waals surface area contributed by atoms with Gasteiger partial charge in [0.15, 0.2) is 11.3 Å². The number of anilines is 2. The van der Waals surface area contributed by atoms with Gasteiger partial charge >= 0.3 is 5.97 Å². The molecule has 0 aliphatic carbocycles. The summed E-state index contributed by atoms with van der Waals surface area (Å²) in [6.07, 6.45) is 1.76. The second kappa shape index (κ2) is 10.6. The minimum atomic E-state index is -1.08. The van der Waals surface area contributed by atoms with Crippen LogP contribution in [-0.4, -0.2) is 83.4 Å². The molecule has 2 saturated heterocycles. The Morgan fingerprint density at radius 1 is 0.897 bits per heavy atom. The highest BCUT2D eigenvalue weighted by Crippen LogP contribution is 2.36. The lowest BCUT2D eigenvalue weighted by atomic mass is 9.97. The Morgan fingerprint density at radius 3 is 2.21 bits per heavy atom. The maximum absolute atomic E-state index is 12.2. The molecular weight excluding hydrogens is 496 g/mol. The molecule has 5 heterocycles. The molecule has 0 spiro atoms. The first-order valence-corrected chi connectivity index (χ1v) is 13.4. The second-order valence-electron chi connectivity index (χ2n) is 10.1. The fourth-order valence-corrected chi connectivity index (χ4v) is 5.24. The van der Waals surface area contributed by atoms with Crippen LogP contribution in [0.5, 0.6) is 0 Å². The van der Waals surface area contributed by atoms with Gasteiger partial charge in [0.2, 0.25) is 0 Å². The Hall–Kier alpha value is -4.02. The molecule has 1 aromatic carbocycles. The number of carboxylic acids is 1. The van der Waals surface area contributed by atoms with E-state index in [0.29, 0.717) is 32.1 Å². The zero-order chi connectivity index (χ0) is 26.9. The minimum Gasteiger partial charge on any atom is -0.477 e. The predicted octanol–water partition coefficient (Wildman–Crippen LogP) is 3.98. The van der Waals surface area contributed by atoms with Crippen LogP contribution in [0.3, 0.4) is 0 Å². The third-order valence-corrected chi connectivity index (χ3v) is 7.29. The van der Waals surface area contributed by atoms with E-state index in [2.05, 4.69) is 57.9 Å². The molecule has 39 heavy (non-hydrogen) atoms. The van der Waals surface area contributed by atoms with Crippen molar-refractivity contribution in [1.29, 1.82) is 0 Å². The highest BCUT2D eigenvalue weighted by molar-refractivity contribution is 6.00. The van der Waals surface area contributed by atoms with E-state index in [1.165, 1.54) is 0 Å². The number of ether oxygens (including phenoxy) is 2. The molecule has 6 rings (SSSR count). The normalized spacial score (nSPS) is 16.3. The number of hydrogen-bond donors (Lipinski definition) is 1. The summed E-state index contributed by atoms with van der Waals surface area (Å²) in [6.45, 7) is 10.2. The maximum atomic E-state index is 12.2. The number of rotatable bonds is 6. The Bertz CT molecular complexity index is 1490. The van der Waals surface area contributed by atoms with Crippen LogP contribution in [-0.2, 0) is 9.47 Å². The number of carbonyl (C=O) groups is 1. The van der Waals surface area contributed by atoms with Gasteiger partial charge < -0.3 is 24.4 Å². The molecule has 2 fully saturated rings. The average molecular weight is 529 g/mol. The topological polar surface area (TPSA) is 106 Å². The van der Waals surface area contributed by atoms with Crippen LogP contribution in [0.1, 0.15) is 35.9 Å². The number of aromatic nitrogens is 4. The van der Waals surface area contributed by atoms with Crippen molar-refractivity contribution in [2.24, 2.45) is 0 Å². The second-order valence-corrected chi connectivity index (χ2v) is 10.1. The minimum absolute atomic E-state index is 0.0197. The molecule has 0 saturated carbocycles. The van der Waals surface area contributed by atoms with E-state index in [9.17, 15) is 9.90 Å². The smallest absolute Gasteiger partial charge is 0.354 e. The number of carboxylic acid groups (broad SMARTS) is 1. The molecule has 202 valence electrons. The predicted molar refractivity (Wildman–Crippen MR) is 149 cm³/mol. The molecular formula is C29H32N6O4. The van der Waals surface area contributed by atoms with Crippen LogP contribution in [0.4, 0.5) is 11.5 Å². The lowest BCUT2D eigenvalue weighted by molar-refractivity contribution is 0.0691. The van der Waals surface area contributed by atoms with Gasteiger partial charge in [-0.25, -0.2) is 19.4 Å². The van der Waals surface area contributed by atoms with E-state index >= 15 is 0 Å². The first kappa shape index (κ1) is 25.3. The fourth-order valence-electron chi connectivity index (χ4n) is 5.24. The summed E-state index contributed by atoms with van der Waals surface area (Å²) in [7, 11) is 0. The first-order valence-electron chi connectivity index (χ1n) is 13.4. The molecule has 10 nitrogen and oxygen atoms in total. The Balaban J connectivity index is 1.49.